The van der Waals surface area contributed by atoms with Crippen LogP contribution in [0.2, 0.25) is 0 Å². The van der Waals surface area contributed by atoms with Gasteiger partial charge in [0, 0.05) is 10.4 Å². The monoisotopic (exact) mass is 682 g/mol. The maximum Gasteiger partial charge on any atom is 0.338 e. The lowest BCUT2D eigenvalue weighted by atomic mass is 9.97. The number of aromatic nitrogens is 1. The lowest BCUT2D eigenvalue weighted by Gasteiger charge is -2.24. The van der Waals surface area contributed by atoms with E-state index in [4.69, 9.17) is 25.6 Å². The predicted molar refractivity (Wildman–Crippen MR) is 165 cm³/mol. The molecular formula is C30H23IN2O5S2. The van der Waals surface area contributed by atoms with Crippen LogP contribution in [0.15, 0.2) is 75.3 Å². The number of esters is 1. The number of terminal acetylenes is 1. The third-order valence-corrected chi connectivity index (χ3v) is 8.74. The molecule has 7 nitrogen and oxygen atoms in total. The number of thiazole rings is 1. The lowest BCUT2D eigenvalue weighted by Crippen LogP contribution is -2.39. The summed E-state index contributed by atoms with van der Waals surface area (Å²) in [6, 6.07) is 16.3. The molecule has 0 saturated carbocycles. The molecule has 0 unspecified atom stereocenters. The van der Waals surface area contributed by atoms with Crippen molar-refractivity contribution >= 4 is 63.0 Å². The first-order valence-electron chi connectivity index (χ1n) is 12.2. The molecular weight excluding hydrogens is 659 g/mol. The van der Waals surface area contributed by atoms with Crippen LogP contribution in [0.3, 0.4) is 0 Å². The predicted octanol–water partition coefficient (Wildman–Crippen LogP) is 4.62. The van der Waals surface area contributed by atoms with E-state index in [1.165, 1.54) is 22.7 Å². The third kappa shape index (κ3) is 5.37. The molecule has 0 fully saturated rings. The van der Waals surface area contributed by atoms with Crippen LogP contribution in [0.1, 0.15) is 29.0 Å². The van der Waals surface area contributed by atoms with Gasteiger partial charge in [-0.3, -0.25) is 9.36 Å². The van der Waals surface area contributed by atoms with E-state index in [0.29, 0.717) is 32.1 Å². The minimum atomic E-state index is -0.679. The first kappa shape index (κ1) is 27.9. The summed E-state index contributed by atoms with van der Waals surface area (Å²) < 4.78 is 19.5. The van der Waals surface area contributed by atoms with Crippen LogP contribution in [0.5, 0.6) is 11.5 Å². The summed E-state index contributed by atoms with van der Waals surface area (Å²) in [5.74, 6) is 3.01. The number of nitrogens with zero attached hydrogens (tertiary/aromatic N) is 2. The minimum Gasteiger partial charge on any atom is -0.493 e. The van der Waals surface area contributed by atoms with Crippen molar-refractivity contribution in [1.29, 1.82) is 0 Å². The second kappa shape index (κ2) is 12.2. The van der Waals surface area contributed by atoms with E-state index in [-0.39, 0.29) is 18.8 Å². The van der Waals surface area contributed by atoms with E-state index >= 15 is 0 Å². The van der Waals surface area contributed by atoms with Gasteiger partial charge in [0.15, 0.2) is 16.3 Å². The van der Waals surface area contributed by atoms with Gasteiger partial charge < -0.3 is 14.2 Å². The number of carbonyl (C=O) groups excluding carboxylic acids is 1. The Hall–Kier alpha value is -3.66. The largest absolute Gasteiger partial charge is 0.493 e. The van der Waals surface area contributed by atoms with Crippen molar-refractivity contribution in [3.63, 3.8) is 0 Å². The van der Waals surface area contributed by atoms with E-state index in [2.05, 4.69) is 28.5 Å². The molecule has 0 amide bonds. The van der Waals surface area contributed by atoms with Gasteiger partial charge in [-0.15, -0.1) is 17.8 Å². The number of rotatable bonds is 8. The summed E-state index contributed by atoms with van der Waals surface area (Å²) in [4.78, 5) is 33.6. The molecule has 3 heterocycles. The van der Waals surface area contributed by atoms with Crippen LogP contribution < -0.4 is 24.4 Å². The molecule has 4 aromatic rings. The summed E-state index contributed by atoms with van der Waals surface area (Å²) in [7, 11) is 1.55. The molecule has 0 N–H and O–H groups in total. The number of fused-ring (bicyclic) bond motifs is 1. The van der Waals surface area contributed by atoms with Crippen molar-refractivity contribution in [3.05, 3.63) is 105 Å². The average molecular weight is 683 g/mol. The second-order valence-corrected chi connectivity index (χ2v) is 11.6. The number of carbonyl (C=O) groups is 1. The summed E-state index contributed by atoms with van der Waals surface area (Å²) in [5.41, 5.74) is 2.10. The number of hydrogen-bond acceptors (Lipinski definition) is 8. The molecule has 1 atom stereocenters. The highest BCUT2D eigenvalue weighted by molar-refractivity contribution is 14.1. The van der Waals surface area contributed by atoms with Gasteiger partial charge in [-0.05, 0) is 64.7 Å². The highest BCUT2D eigenvalue weighted by Gasteiger charge is 2.35. The highest BCUT2D eigenvalue weighted by Crippen LogP contribution is 2.37. The minimum absolute atomic E-state index is 0.111. The Morgan fingerprint density at radius 2 is 2.02 bits per heavy atom. The zero-order valence-corrected chi connectivity index (χ0v) is 25.3. The van der Waals surface area contributed by atoms with E-state index in [1.807, 2.05) is 53.9 Å². The molecule has 2 aromatic carbocycles. The maximum absolute atomic E-state index is 14.0. The van der Waals surface area contributed by atoms with Crippen LogP contribution in [-0.4, -0.2) is 30.9 Å². The number of ether oxygens (including phenoxy) is 3. The topological polar surface area (TPSA) is 79.1 Å². The van der Waals surface area contributed by atoms with Crippen LogP contribution in [0.25, 0.3) is 11.8 Å². The van der Waals surface area contributed by atoms with E-state index in [9.17, 15) is 9.59 Å². The van der Waals surface area contributed by atoms with Gasteiger partial charge in [-0.25, -0.2) is 9.79 Å². The average Bonchev–Trinajstić information content (AvgIpc) is 3.60. The Labute approximate surface area is 252 Å². The fourth-order valence-corrected chi connectivity index (χ4v) is 6.99. The zero-order valence-electron chi connectivity index (χ0n) is 21.5. The fraction of sp³-hybridized carbons (Fsp3) is 0.167. The number of thiophene rings is 1. The maximum atomic E-state index is 14.0. The Morgan fingerprint density at radius 3 is 2.70 bits per heavy atom. The molecule has 0 radical (unpaired) electrons. The smallest absolute Gasteiger partial charge is 0.338 e. The van der Waals surface area contributed by atoms with Crippen LogP contribution in [0.4, 0.5) is 0 Å². The second-order valence-electron chi connectivity index (χ2n) is 8.47. The fourth-order valence-electron chi connectivity index (χ4n) is 4.38. The molecule has 10 heteroatoms. The Balaban J connectivity index is 1.74. The van der Waals surface area contributed by atoms with Gasteiger partial charge in [0.25, 0.3) is 5.56 Å². The summed E-state index contributed by atoms with van der Waals surface area (Å²) >= 11 is 4.89. The summed E-state index contributed by atoms with van der Waals surface area (Å²) in [6.45, 7) is 2.07. The Morgan fingerprint density at radius 1 is 1.23 bits per heavy atom. The van der Waals surface area contributed by atoms with Crippen molar-refractivity contribution in [1.82, 2.24) is 4.57 Å². The molecule has 0 spiro atoms. The molecule has 1 aliphatic rings. The number of halogens is 1. The molecule has 0 bridgehead atoms. The lowest BCUT2D eigenvalue weighted by molar-refractivity contribution is -0.138. The van der Waals surface area contributed by atoms with Gasteiger partial charge in [0.05, 0.1) is 33.1 Å². The Kier molecular flexibility index (Phi) is 8.54. The van der Waals surface area contributed by atoms with Crippen LogP contribution in [0, 0.1) is 15.9 Å². The van der Waals surface area contributed by atoms with E-state index < -0.39 is 12.0 Å². The van der Waals surface area contributed by atoms with E-state index in [0.717, 1.165) is 19.6 Å². The summed E-state index contributed by atoms with van der Waals surface area (Å²) in [5, 5.41) is 1.92. The first-order chi connectivity index (χ1) is 19.5. The van der Waals surface area contributed by atoms with Crippen molar-refractivity contribution in [2.75, 3.05) is 20.3 Å². The number of benzene rings is 2. The van der Waals surface area contributed by atoms with Gasteiger partial charge in [0.2, 0.25) is 0 Å². The van der Waals surface area contributed by atoms with Gasteiger partial charge >= 0.3 is 5.97 Å². The molecule has 1 aliphatic heterocycles. The van der Waals surface area contributed by atoms with Crippen molar-refractivity contribution in [3.8, 4) is 23.8 Å². The molecule has 0 saturated heterocycles. The quantitative estimate of drug-likeness (QED) is 0.154. The van der Waals surface area contributed by atoms with Gasteiger partial charge in [-0.2, -0.15) is 0 Å². The van der Waals surface area contributed by atoms with Gasteiger partial charge in [0.1, 0.15) is 12.6 Å². The standard InChI is InChI=1S/C30H23IN2O5S2/c1-4-13-38-27-20(31)15-18(16-21(27)36-3)17-23-28(34)33-26(22-12-9-14-39-22)24(29(35)37-5-2)25(32-30(33)40-23)19-10-7-6-8-11-19/h1,6-12,14-17,26H,5,13H2,2-3H3/b23-17-/t26-/m1/s1. The highest BCUT2D eigenvalue weighted by atomic mass is 127. The SMILES string of the molecule is C#CCOc1c(I)cc(/C=c2\sc3n(c2=O)[C@H](c2cccs2)C(C(=O)OCC)=C(c2ccccc2)N=3)cc1OC. The molecule has 2 aromatic heterocycles. The molecule has 0 aliphatic carbocycles. The van der Waals surface area contributed by atoms with Crippen LogP contribution in [-0.2, 0) is 9.53 Å². The molecule has 5 rings (SSSR count). The third-order valence-electron chi connectivity index (χ3n) is 6.04. The van der Waals surface area contributed by atoms with Crippen molar-refractivity contribution in [2.45, 2.75) is 13.0 Å². The normalized spacial score (nSPS) is 14.8. The first-order valence-corrected chi connectivity index (χ1v) is 15.0. The van der Waals surface area contributed by atoms with Gasteiger partial charge in [-0.1, -0.05) is 53.7 Å². The number of hydrogen-bond donors (Lipinski definition) is 0. The summed E-state index contributed by atoms with van der Waals surface area (Å²) in [6.07, 6.45) is 7.15. The van der Waals surface area contributed by atoms with Crippen molar-refractivity contribution < 1.29 is 19.0 Å². The number of methoxy groups -OCH3 is 1. The van der Waals surface area contributed by atoms with Crippen LogP contribution >= 0.6 is 45.3 Å². The zero-order chi connectivity index (χ0) is 28.2. The molecule has 40 heavy (non-hydrogen) atoms. The van der Waals surface area contributed by atoms with Crippen molar-refractivity contribution in [2.24, 2.45) is 4.99 Å². The Bertz CT molecular complexity index is 1820. The molecule has 202 valence electrons. The van der Waals surface area contributed by atoms with E-state index in [1.54, 1.807) is 30.7 Å².